The van der Waals surface area contributed by atoms with E-state index in [9.17, 15) is 9.59 Å². The minimum Gasteiger partial charge on any atom is -0.484 e. The molecule has 1 unspecified atom stereocenters. The SMILES string of the molecule is CC1(C)Oc2ccccc2CC1OC(=O)[C@@H](N)CCC(N)=O. The molecule has 0 saturated heterocycles. The van der Waals surface area contributed by atoms with E-state index in [1.54, 1.807) is 0 Å². The zero-order valence-corrected chi connectivity index (χ0v) is 12.9. The molecule has 2 atom stereocenters. The van der Waals surface area contributed by atoms with Crippen molar-refractivity contribution >= 4 is 11.9 Å². The van der Waals surface area contributed by atoms with E-state index in [1.807, 2.05) is 38.1 Å². The Kier molecular flexibility index (Phi) is 4.71. The number of carbonyl (C=O) groups excluding carboxylic acids is 2. The van der Waals surface area contributed by atoms with Crippen LogP contribution in [0.15, 0.2) is 24.3 Å². The average molecular weight is 306 g/mol. The summed E-state index contributed by atoms with van der Waals surface area (Å²) < 4.78 is 11.4. The van der Waals surface area contributed by atoms with Crippen molar-refractivity contribution in [2.75, 3.05) is 0 Å². The van der Waals surface area contributed by atoms with Gasteiger partial charge in [-0.3, -0.25) is 9.59 Å². The quantitative estimate of drug-likeness (QED) is 0.787. The molecule has 0 saturated carbocycles. The van der Waals surface area contributed by atoms with E-state index in [4.69, 9.17) is 20.9 Å². The van der Waals surface area contributed by atoms with Crippen molar-refractivity contribution in [3.8, 4) is 5.75 Å². The van der Waals surface area contributed by atoms with E-state index in [1.165, 1.54) is 0 Å². The maximum absolute atomic E-state index is 12.1. The summed E-state index contributed by atoms with van der Waals surface area (Å²) >= 11 is 0. The van der Waals surface area contributed by atoms with Crippen LogP contribution in [0.4, 0.5) is 0 Å². The minimum atomic E-state index is -0.861. The Labute approximate surface area is 129 Å². The first kappa shape index (κ1) is 16.3. The Balaban J connectivity index is 2.03. The molecular formula is C16H22N2O4. The van der Waals surface area contributed by atoms with Gasteiger partial charge in [-0.1, -0.05) is 18.2 Å². The van der Waals surface area contributed by atoms with Gasteiger partial charge >= 0.3 is 5.97 Å². The van der Waals surface area contributed by atoms with E-state index in [-0.39, 0.29) is 12.8 Å². The van der Waals surface area contributed by atoms with E-state index in [0.29, 0.717) is 6.42 Å². The molecule has 0 fully saturated rings. The van der Waals surface area contributed by atoms with Gasteiger partial charge in [0.2, 0.25) is 5.91 Å². The van der Waals surface area contributed by atoms with Gasteiger partial charge in [0, 0.05) is 12.8 Å². The summed E-state index contributed by atoms with van der Waals surface area (Å²) in [5, 5.41) is 0. The molecule has 1 heterocycles. The van der Waals surface area contributed by atoms with Crippen molar-refractivity contribution in [2.45, 2.75) is 50.9 Å². The van der Waals surface area contributed by atoms with Gasteiger partial charge in [-0.15, -0.1) is 0 Å². The van der Waals surface area contributed by atoms with Gasteiger partial charge < -0.3 is 20.9 Å². The lowest BCUT2D eigenvalue weighted by molar-refractivity contribution is -0.163. The molecule has 22 heavy (non-hydrogen) atoms. The van der Waals surface area contributed by atoms with Crippen LogP contribution >= 0.6 is 0 Å². The highest BCUT2D eigenvalue weighted by atomic mass is 16.6. The summed E-state index contributed by atoms with van der Waals surface area (Å²) in [4.78, 5) is 22.8. The van der Waals surface area contributed by atoms with Crippen LogP contribution in [-0.2, 0) is 20.7 Å². The summed E-state index contributed by atoms with van der Waals surface area (Å²) in [6.07, 6.45) is 0.370. The van der Waals surface area contributed by atoms with Crippen LogP contribution in [0.2, 0.25) is 0 Å². The number of primary amides is 1. The lowest BCUT2D eigenvalue weighted by Gasteiger charge is -2.39. The van der Waals surface area contributed by atoms with Gasteiger partial charge in [0.25, 0.3) is 0 Å². The summed E-state index contributed by atoms with van der Waals surface area (Å²) in [6.45, 7) is 3.74. The van der Waals surface area contributed by atoms with E-state index in [0.717, 1.165) is 11.3 Å². The van der Waals surface area contributed by atoms with Gasteiger partial charge in [0.15, 0.2) is 0 Å². The zero-order chi connectivity index (χ0) is 16.3. The molecule has 0 aromatic heterocycles. The first-order valence-corrected chi connectivity index (χ1v) is 7.31. The highest BCUT2D eigenvalue weighted by Gasteiger charge is 2.40. The van der Waals surface area contributed by atoms with Gasteiger partial charge in [0.1, 0.15) is 23.5 Å². The third kappa shape index (κ3) is 3.76. The van der Waals surface area contributed by atoms with Crippen LogP contribution in [0.3, 0.4) is 0 Å². The Bertz CT molecular complexity index is 571. The molecule has 6 heteroatoms. The van der Waals surface area contributed by atoms with Crippen molar-refractivity contribution in [3.63, 3.8) is 0 Å². The molecule has 1 aromatic rings. The lowest BCUT2D eigenvalue weighted by atomic mass is 9.91. The number of benzene rings is 1. The Morgan fingerprint density at radius 1 is 1.41 bits per heavy atom. The van der Waals surface area contributed by atoms with Crippen LogP contribution in [0.5, 0.6) is 5.75 Å². The Hall–Kier alpha value is -2.08. The van der Waals surface area contributed by atoms with Crippen molar-refractivity contribution < 1.29 is 19.1 Å². The molecule has 4 N–H and O–H groups in total. The number of fused-ring (bicyclic) bond motifs is 1. The molecule has 6 nitrogen and oxygen atoms in total. The number of rotatable bonds is 5. The van der Waals surface area contributed by atoms with Gasteiger partial charge in [-0.2, -0.15) is 0 Å². The highest BCUT2D eigenvalue weighted by Crippen LogP contribution is 2.34. The number of para-hydroxylation sites is 1. The number of ether oxygens (including phenoxy) is 2. The minimum absolute atomic E-state index is 0.0592. The predicted octanol–water partition coefficient (Wildman–Crippen LogP) is 0.905. The molecule has 0 radical (unpaired) electrons. The third-order valence-electron chi connectivity index (χ3n) is 3.79. The largest absolute Gasteiger partial charge is 0.484 e. The van der Waals surface area contributed by atoms with Crippen molar-refractivity contribution in [1.82, 2.24) is 0 Å². The summed E-state index contributed by atoms with van der Waals surface area (Å²) in [5.74, 6) is -0.223. The number of nitrogens with two attached hydrogens (primary N) is 2. The molecule has 0 spiro atoms. The molecule has 1 aromatic carbocycles. The molecule has 1 amide bonds. The summed E-state index contributed by atoms with van der Waals surface area (Å²) in [7, 11) is 0. The van der Waals surface area contributed by atoms with Crippen LogP contribution in [0.1, 0.15) is 32.3 Å². The fraction of sp³-hybridized carbons (Fsp3) is 0.500. The number of hydrogen-bond donors (Lipinski definition) is 2. The second-order valence-electron chi connectivity index (χ2n) is 6.05. The van der Waals surface area contributed by atoms with Crippen LogP contribution < -0.4 is 16.2 Å². The molecular weight excluding hydrogens is 284 g/mol. The highest BCUT2D eigenvalue weighted by molar-refractivity contribution is 5.78. The fourth-order valence-corrected chi connectivity index (χ4v) is 2.39. The number of carbonyl (C=O) groups is 2. The molecule has 0 aliphatic carbocycles. The first-order valence-electron chi connectivity index (χ1n) is 7.31. The molecule has 0 bridgehead atoms. The lowest BCUT2D eigenvalue weighted by Crippen LogP contribution is -2.50. The zero-order valence-electron chi connectivity index (χ0n) is 12.9. The third-order valence-corrected chi connectivity index (χ3v) is 3.79. The molecule has 1 aliphatic heterocycles. The van der Waals surface area contributed by atoms with Crippen molar-refractivity contribution in [2.24, 2.45) is 11.5 Å². The predicted molar refractivity (Wildman–Crippen MR) is 81.1 cm³/mol. The van der Waals surface area contributed by atoms with E-state index < -0.39 is 29.6 Å². The maximum Gasteiger partial charge on any atom is 0.323 e. The molecule has 1 aliphatic rings. The van der Waals surface area contributed by atoms with E-state index in [2.05, 4.69) is 0 Å². The van der Waals surface area contributed by atoms with Crippen LogP contribution in [-0.4, -0.2) is 29.6 Å². The average Bonchev–Trinajstić information content (AvgIpc) is 2.44. The van der Waals surface area contributed by atoms with Gasteiger partial charge in [0.05, 0.1) is 0 Å². The second-order valence-corrected chi connectivity index (χ2v) is 6.05. The van der Waals surface area contributed by atoms with E-state index >= 15 is 0 Å². The number of amides is 1. The van der Waals surface area contributed by atoms with Crippen LogP contribution in [0, 0.1) is 0 Å². The van der Waals surface area contributed by atoms with Gasteiger partial charge in [-0.05, 0) is 31.9 Å². The standard InChI is InChI=1S/C16H22N2O4/c1-16(2)13(9-10-5-3-4-6-12(10)22-16)21-15(20)11(17)7-8-14(18)19/h3-6,11,13H,7-9,17H2,1-2H3,(H2,18,19)/t11-,13?/m0/s1. The summed E-state index contributed by atoms with van der Waals surface area (Å²) in [5.41, 5.74) is 11.1. The van der Waals surface area contributed by atoms with Crippen molar-refractivity contribution in [1.29, 1.82) is 0 Å². The van der Waals surface area contributed by atoms with Gasteiger partial charge in [-0.25, -0.2) is 0 Å². The fourth-order valence-electron chi connectivity index (χ4n) is 2.39. The maximum atomic E-state index is 12.1. The van der Waals surface area contributed by atoms with Crippen molar-refractivity contribution in [3.05, 3.63) is 29.8 Å². The normalized spacial score (nSPS) is 20.4. The Morgan fingerprint density at radius 2 is 2.09 bits per heavy atom. The Morgan fingerprint density at radius 3 is 2.77 bits per heavy atom. The molecule has 120 valence electrons. The second kappa shape index (κ2) is 6.36. The van der Waals surface area contributed by atoms with Crippen LogP contribution in [0.25, 0.3) is 0 Å². The number of esters is 1. The monoisotopic (exact) mass is 306 g/mol. The first-order chi connectivity index (χ1) is 10.3. The smallest absolute Gasteiger partial charge is 0.323 e. The topological polar surface area (TPSA) is 105 Å². The summed E-state index contributed by atoms with van der Waals surface area (Å²) in [6, 6.07) is 6.80. The molecule has 2 rings (SSSR count). The number of hydrogen-bond acceptors (Lipinski definition) is 5.